The zero-order valence-corrected chi connectivity index (χ0v) is 8.65. The van der Waals surface area contributed by atoms with Crippen molar-refractivity contribution in [2.24, 2.45) is 0 Å². The van der Waals surface area contributed by atoms with Crippen molar-refractivity contribution in [3.63, 3.8) is 0 Å². The minimum Gasteiger partial charge on any atom is -0.289 e. The third-order valence-electron chi connectivity index (χ3n) is 1.91. The van der Waals surface area contributed by atoms with Crippen molar-refractivity contribution in [3.8, 4) is 0 Å². The van der Waals surface area contributed by atoms with Gasteiger partial charge in [0.2, 0.25) is 5.91 Å². The maximum atomic E-state index is 10.6. The number of carbonyl (C=O) groups excluding carboxylic acids is 1. The number of hydrogen-bond donors (Lipinski definition) is 2. The smallest absolute Gasteiger partial charge is 0.243 e. The van der Waals surface area contributed by atoms with Crippen molar-refractivity contribution in [3.05, 3.63) is 0 Å². The fourth-order valence-corrected chi connectivity index (χ4v) is 1.33. The van der Waals surface area contributed by atoms with Crippen LogP contribution in [0.2, 0.25) is 0 Å². The lowest BCUT2D eigenvalue weighted by Gasteiger charge is -1.99. The summed E-state index contributed by atoms with van der Waals surface area (Å²) in [5.41, 5.74) is 1.62. The summed E-state index contributed by atoms with van der Waals surface area (Å²) in [5, 5.41) is 8.19. The average molecular weight is 208 g/mol. The fraction of sp³-hybridized carbons (Fsp3) is 0.889. The number of unbranched alkanes of at least 4 members (excludes halogenated alkanes) is 5. The van der Waals surface area contributed by atoms with Gasteiger partial charge in [-0.2, -0.15) is 0 Å². The van der Waals surface area contributed by atoms with E-state index in [1.807, 2.05) is 0 Å². The van der Waals surface area contributed by atoms with Gasteiger partial charge in [0.15, 0.2) is 0 Å². The molecule has 2 N–H and O–H groups in total. The summed E-state index contributed by atoms with van der Waals surface area (Å²) < 4.78 is 0. The fourth-order valence-electron chi connectivity index (χ4n) is 1.14. The second-order valence-electron chi connectivity index (χ2n) is 3.10. The predicted molar refractivity (Wildman–Crippen MR) is 53.0 cm³/mol. The number of amides is 1. The number of halogens is 1. The van der Waals surface area contributed by atoms with Gasteiger partial charge in [-0.15, -0.1) is 11.6 Å². The predicted octanol–water partition coefficient (Wildman–Crippen LogP) is 2.46. The molecule has 0 fully saturated rings. The molecule has 0 spiro atoms. The van der Waals surface area contributed by atoms with Crippen molar-refractivity contribution in [2.75, 3.05) is 5.88 Å². The lowest BCUT2D eigenvalue weighted by atomic mass is 10.1. The van der Waals surface area contributed by atoms with Gasteiger partial charge in [0.05, 0.1) is 0 Å². The van der Waals surface area contributed by atoms with Crippen LogP contribution < -0.4 is 5.48 Å². The maximum absolute atomic E-state index is 10.6. The van der Waals surface area contributed by atoms with Crippen LogP contribution in [-0.2, 0) is 4.79 Å². The molecule has 4 heteroatoms. The summed E-state index contributed by atoms with van der Waals surface area (Å²) in [6.45, 7) is 0. The minimum absolute atomic E-state index is 0.291. The van der Waals surface area contributed by atoms with Crippen LogP contribution in [-0.4, -0.2) is 17.0 Å². The first kappa shape index (κ1) is 12.7. The van der Waals surface area contributed by atoms with Crippen LogP contribution in [0.3, 0.4) is 0 Å². The molecule has 78 valence electrons. The van der Waals surface area contributed by atoms with Crippen molar-refractivity contribution in [2.45, 2.75) is 44.9 Å². The number of carbonyl (C=O) groups is 1. The Morgan fingerprint density at radius 1 is 1.08 bits per heavy atom. The molecule has 0 saturated heterocycles. The van der Waals surface area contributed by atoms with Gasteiger partial charge >= 0.3 is 0 Å². The van der Waals surface area contributed by atoms with Gasteiger partial charge in [-0.25, -0.2) is 5.48 Å². The van der Waals surface area contributed by atoms with Crippen LogP contribution in [0.4, 0.5) is 0 Å². The highest BCUT2D eigenvalue weighted by Gasteiger charge is 1.97. The molecule has 0 unspecified atom stereocenters. The normalized spacial score (nSPS) is 10.0. The van der Waals surface area contributed by atoms with E-state index in [4.69, 9.17) is 16.8 Å². The Morgan fingerprint density at radius 3 is 2.15 bits per heavy atom. The molecule has 0 aromatic heterocycles. The quantitative estimate of drug-likeness (QED) is 0.278. The number of rotatable bonds is 8. The summed E-state index contributed by atoms with van der Waals surface area (Å²) in [7, 11) is 0. The zero-order valence-electron chi connectivity index (χ0n) is 7.89. The van der Waals surface area contributed by atoms with Gasteiger partial charge in [0.1, 0.15) is 0 Å². The summed E-state index contributed by atoms with van der Waals surface area (Å²) in [6, 6.07) is 0. The average Bonchev–Trinajstić information content (AvgIpc) is 2.16. The molecule has 1 amide bonds. The topological polar surface area (TPSA) is 49.3 Å². The molecule has 0 aromatic carbocycles. The van der Waals surface area contributed by atoms with E-state index in [0.717, 1.165) is 31.6 Å². The van der Waals surface area contributed by atoms with Gasteiger partial charge in [-0.05, 0) is 12.8 Å². The van der Waals surface area contributed by atoms with Crippen LogP contribution in [0.25, 0.3) is 0 Å². The Kier molecular flexibility index (Phi) is 9.59. The second kappa shape index (κ2) is 9.81. The van der Waals surface area contributed by atoms with Crippen molar-refractivity contribution in [1.82, 2.24) is 5.48 Å². The number of alkyl halides is 1. The molecular weight excluding hydrogens is 190 g/mol. The van der Waals surface area contributed by atoms with Crippen LogP contribution in [0, 0.1) is 0 Å². The summed E-state index contributed by atoms with van der Waals surface area (Å²) in [5.74, 6) is 0.452. The summed E-state index contributed by atoms with van der Waals surface area (Å²) >= 11 is 5.52. The van der Waals surface area contributed by atoms with Gasteiger partial charge in [-0.3, -0.25) is 10.0 Å². The molecule has 0 aliphatic rings. The molecule has 0 aliphatic carbocycles. The van der Waals surface area contributed by atoms with Crippen molar-refractivity contribution < 1.29 is 10.0 Å². The Hall–Kier alpha value is -0.280. The standard InChI is InChI=1S/C9H18ClNO2/c10-8-6-4-2-1-3-5-7-9(12)11-13/h13H,1-8H2,(H,11,12). The SMILES string of the molecule is O=C(CCCCCCCCCl)NO. The van der Waals surface area contributed by atoms with Crippen LogP contribution >= 0.6 is 11.6 Å². The minimum atomic E-state index is -0.291. The third-order valence-corrected chi connectivity index (χ3v) is 2.18. The van der Waals surface area contributed by atoms with Gasteiger partial charge in [0, 0.05) is 12.3 Å². The van der Waals surface area contributed by atoms with E-state index in [-0.39, 0.29) is 5.91 Å². The molecule has 0 radical (unpaired) electrons. The number of hydroxylamine groups is 1. The first-order valence-electron chi connectivity index (χ1n) is 4.80. The van der Waals surface area contributed by atoms with E-state index in [0.29, 0.717) is 6.42 Å². The Labute approximate surface area is 84.4 Å². The summed E-state index contributed by atoms with van der Waals surface area (Å²) in [4.78, 5) is 10.6. The highest BCUT2D eigenvalue weighted by molar-refractivity contribution is 6.17. The van der Waals surface area contributed by atoms with Gasteiger partial charge in [-0.1, -0.05) is 25.7 Å². The largest absolute Gasteiger partial charge is 0.289 e. The van der Waals surface area contributed by atoms with E-state index < -0.39 is 0 Å². The van der Waals surface area contributed by atoms with E-state index in [2.05, 4.69) is 0 Å². The van der Waals surface area contributed by atoms with Crippen LogP contribution in [0.5, 0.6) is 0 Å². The number of nitrogens with one attached hydrogen (secondary N) is 1. The molecule has 0 aliphatic heterocycles. The van der Waals surface area contributed by atoms with E-state index in [9.17, 15) is 4.79 Å². The molecule has 13 heavy (non-hydrogen) atoms. The molecular formula is C9H18ClNO2. The molecule has 0 atom stereocenters. The first-order valence-corrected chi connectivity index (χ1v) is 5.33. The third kappa shape index (κ3) is 9.64. The van der Waals surface area contributed by atoms with Crippen LogP contribution in [0.15, 0.2) is 0 Å². The van der Waals surface area contributed by atoms with Gasteiger partial charge in [0.25, 0.3) is 0 Å². The lowest BCUT2D eigenvalue weighted by molar-refractivity contribution is -0.129. The molecule has 3 nitrogen and oxygen atoms in total. The molecule has 0 bridgehead atoms. The van der Waals surface area contributed by atoms with Crippen LogP contribution in [0.1, 0.15) is 44.9 Å². The Bertz CT molecular complexity index is 131. The molecule has 0 heterocycles. The second-order valence-corrected chi connectivity index (χ2v) is 3.47. The van der Waals surface area contributed by atoms with Crippen molar-refractivity contribution >= 4 is 17.5 Å². The maximum Gasteiger partial charge on any atom is 0.243 e. The zero-order chi connectivity index (χ0) is 9.94. The molecule has 0 rings (SSSR count). The number of hydrogen-bond acceptors (Lipinski definition) is 2. The Balaban J connectivity index is 2.95. The highest BCUT2D eigenvalue weighted by atomic mass is 35.5. The lowest BCUT2D eigenvalue weighted by Crippen LogP contribution is -2.17. The molecule has 0 saturated carbocycles. The van der Waals surface area contributed by atoms with E-state index in [1.165, 1.54) is 12.8 Å². The van der Waals surface area contributed by atoms with Crippen molar-refractivity contribution in [1.29, 1.82) is 0 Å². The van der Waals surface area contributed by atoms with Gasteiger partial charge < -0.3 is 0 Å². The molecule has 0 aromatic rings. The highest BCUT2D eigenvalue weighted by Crippen LogP contribution is 2.07. The Morgan fingerprint density at radius 2 is 1.62 bits per heavy atom. The van der Waals surface area contributed by atoms with E-state index in [1.54, 1.807) is 5.48 Å². The first-order chi connectivity index (χ1) is 6.31. The van der Waals surface area contributed by atoms with E-state index >= 15 is 0 Å². The monoisotopic (exact) mass is 207 g/mol. The summed E-state index contributed by atoms with van der Waals surface area (Å²) in [6.07, 6.45) is 6.92.